The van der Waals surface area contributed by atoms with Gasteiger partial charge in [-0.2, -0.15) is 0 Å². The van der Waals surface area contributed by atoms with Gasteiger partial charge in [0.15, 0.2) is 5.69 Å². The van der Waals surface area contributed by atoms with Crippen molar-refractivity contribution < 1.29 is 18.8 Å². The second-order valence-corrected chi connectivity index (χ2v) is 5.61. The van der Waals surface area contributed by atoms with Gasteiger partial charge in [-0.3, -0.25) is 9.59 Å². The predicted molar refractivity (Wildman–Crippen MR) is 93.8 cm³/mol. The molecule has 0 aliphatic carbocycles. The summed E-state index contributed by atoms with van der Waals surface area (Å²) in [6, 6.07) is 6.81. The molecule has 1 heterocycles. The fourth-order valence-corrected chi connectivity index (χ4v) is 2.35. The van der Waals surface area contributed by atoms with E-state index in [0.29, 0.717) is 35.7 Å². The second kappa shape index (κ2) is 8.98. The number of amides is 2. The van der Waals surface area contributed by atoms with E-state index in [0.717, 1.165) is 12.8 Å². The fourth-order valence-electron chi connectivity index (χ4n) is 2.35. The summed E-state index contributed by atoms with van der Waals surface area (Å²) < 4.78 is 10.0. The van der Waals surface area contributed by atoms with E-state index >= 15 is 0 Å². The summed E-state index contributed by atoms with van der Waals surface area (Å²) in [6.07, 6.45) is 1.64. The van der Waals surface area contributed by atoms with Crippen LogP contribution in [0.3, 0.4) is 0 Å². The van der Waals surface area contributed by atoms with Crippen LogP contribution in [-0.2, 0) is 11.2 Å². The SMILES string of the molecule is CCCc1cc(C(=O)Nc2cccc(C(=O)NCCOC)c2C)no1. The first kappa shape index (κ1) is 18.7. The highest BCUT2D eigenvalue weighted by atomic mass is 16.5. The predicted octanol–water partition coefficient (Wildman–Crippen LogP) is 2.56. The first-order valence-electron chi connectivity index (χ1n) is 8.20. The lowest BCUT2D eigenvalue weighted by Crippen LogP contribution is -2.27. The molecule has 0 saturated heterocycles. The fraction of sp³-hybridized carbons (Fsp3) is 0.389. The van der Waals surface area contributed by atoms with Gasteiger partial charge < -0.3 is 19.9 Å². The molecule has 0 aliphatic heterocycles. The van der Waals surface area contributed by atoms with E-state index in [9.17, 15) is 9.59 Å². The van der Waals surface area contributed by atoms with Crippen molar-refractivity contribution in [1.82, 2.24) is 10.5 Å². The lowest BCUT2D eigenvalue weighted by Gasteiger charge is -2.12. The monoisotopic (exact) mass is 345 g/mol. The Hall–Kier alpha value is -2.67. The first-order chi connectivity index (χ1) is 12.1. The number of anilines is 1. The number of hydrogen-bond acceptors (Lipinski definition) is 5. The number of methoxy groups -OCH3 is 1. The van der Waals surface area contributed by atoms with Crippen LogP contribution in [0.15, 0.2) is 28.8 Å². The molecular formula is C18H23N3O4. The van der Waals surface area contributed by atoms with E-state index in [-0.39, 0.29) is 17.5 Å². The van der Waals surface area contributed by atoms with Gasteiger partial charge in [-0.1, -0.05) is 18.1 Å². The number of benzene rings is 1. The van der Waals surface area contributed by atoms with Gasteiger partial charge in [0, 0.05) is 37.4 Å². The van der Waals surface area contributed by atoms with E-state index in [4.69, 9.17) is 9.26 Å². The van der Waals surface area contributed by atoms with Crippen LogP contribution in [0.4, 0.5) is 5.69 Å². The Morgan fingerprint density at radius 3 is 2.80 bits per heavy atom. The van der Waals surface area contributed by atoms with Crippen LogP contribution < -0.4 is 10.6 Å². The van der Waals surface area contributed by atoms with Gasteiger partial charge in [-0.15, -0.1) is 0 Å². The minimum atomic E-state index is -0.369. The van der Waals surface area contributed by atoms with Crippen LogP contribution >= 0.6 is 0 Å². The maximum atomic E-state index is 12.3. The number of rotatable bonds is 8. The van der Waals surface area contributed by atoms with Gasteiger partial charge in [0.2, 0.25) is 0 Å². The topological polar surface area (TPSA) is 93.5 Å². The molecule has 2 N–H and O–H groups in total. The number of aromatic nitrogens is 1. The maximum Gasteiger partial charge on any atom is 0.277 e. The maximum absolute atomic E-state index is 12.3. The van der Waals surface area contributed by atoms with Gasteiger partial charge in [0.1, 0.15) is 5.76 Å². The smallest absolute Gasteiger partial charge is 0.277 e. The van der Waals surface area contributed by atoms with Gasteiger partial charge in [0.05, 0.1) is 6.61 Å². The highest BCUT2D eigenvalue weighted by Crippen LogP contribution is 2.20. The van der Waals surface area contributed by atoms with Gasteiger partial charge >= 0.3 is 0 Å². The standard InChI is InChI=1S/C18H23N3O4/c1-4-6-13-11-16(21-25-13)18(23)20-15-8-5-7-14(12(15)2)17(22)19-9-10-24-3/h5,7-8,11H,4,6,9-10H2,1-3H3,(H,19,22)(H,20,23). The number of carbonyl (C=O) groups excluding carboxylic acids is 2. The summed E-state index contributed by atoms with van der Waals surface area (Å²) in [6.45, 7) is 4.67. The van der Waals surface area contributed by atoms with Crippen molar-refractivity contribution in [2.24, 2.45) is 0 Å². The molecule has 0 aliphatic rings. The molecule has 2 amide bonds. The third kappa shape index (κ3) is 4.90. The zero-order chi connectivity index (χ0) is 18.2. The minimum Gasteiger partial charge on any atom is -0.383 e. The van der Waals surface area contributed by atoms with Crippen molar-refractivity contribution in [3.05, 3.63) is 46.8 Å². The Morgan fingerprint density at radius 1 is 1.28 bits per heavy atom. The number of carbonyl (C=O) groups is 2. The van der Waals surface area contributed by atoms with Crippen molar-refractivity contribution in [2.75, 3.05) is 25.6 Å². The molecule has 7 nitrogen and oxygen atoms in total. The number of ether oxygens (including phenoxy) is 1. The van der Waals surface area contributed by atoms with E-state index < -0.39 is 0 Å². The Labute approximate surface area is 146 Å². The van der Waals surface area contributed by atoms with E-state index in [1.54, 1.807) is 38.3 Å². The van der Waals surface area contributed by atoms with Crippen molar-refractivity contribution in [3.8, 4) is 0 Å². The summed E-state index contributed by atoms with van der Waals surface area (Å²) in [5, 5.41) is 9.33. The van der Waals surface area contributed by atoms with Crippen LogP contribution in [0.5, 0.6) is 0 Å². The third-order valence-corrected chi connectivity index (χ3v) is 3.71. The lowest BCUT2D eigenvalue weighted by atomic mass is 10.1. The molecule has 0 radical (unpaired) electrons. The number of nitrogens with zero attached hydrogens (tertiary/aromatic N) is 1. The van der Waals surface area contributed by atoms with Crippen LogP contribution in [0.2, 0.25) is 0 Å². The van der Waals surface area contributed by atoms with Crippen molar-refractivity contribution in [2.45, 2.75) is 26.7 Å². The summed E-state index contributed by atoms with van der Waals surface area (Å²) >= 11 is 0. The van der Waals surface area contributed by atoms with E-state index in [2.05, 4.69) is 15.8 Å². The summed E-state index contributed by atoms with van der Waals surface area (Å²) in [7, 11) is 1.57. The molecule has 0 atom stereocenters. The summed E-state index contributed by atoms with van der Waals surface area (Å²) in [5.41, 5.74) is 1.96. The third-order valence-electron chi connectivity index (χ3n) is 3.71. The molecule has 0 bridgehead atoms. The molecular weight excluding hydrogens is 322 g/mol. The highest BCUT2D eigenvalue weighted by molar-refractivity contribution is 6.05. The molecule has 0 unspecified atom stereocenters. The van der Waals surface area contributed by atoms with Gasteiger partial charge in [-0.05, 0) is 31.0 Å². The molecule has 134 valence electrons. The first-order valence-corrected chi connectivity index (χ1v) is 8.20. The molecule has 1 aromatic heterocycles. The van der Waals surface area contributed by atoms with Crippen LogP contribution in [-0.4, -0.2) is 37.2 Å². The van der Waals surface area contributed by atoms with Crippen LogP contribution in [0, 0.1) is 6.92 Å². The zero-order valence-corrected chi connectivity index (χ0v) is 14.7. The number of aryl methyl sites for hydroxylation is 1. The Balaban J connectivity index is 2.10. The van der Waals surface area contributed by atoms with E-state index in [1.165, 1.54) is 0 Å². The molecule has 0 spiro atoms. The zero-order valence-electron chi connectivity index (χ0n) is 14.7. The van der Waals surface area contributed by atoms with E-state index in [1.807, 2.05) is 6.92 Å². The van der Waals surface area contributed by atoms with Crippen molar-refractivity contribution >= 4 is 17.5 Å². The van der Waals surface area contributed by atoms with Crippen LogP contribution in [0.25, 0.3) is 0 Å². The minimum absolute atomic E-state index is 0.211. The Morgan fingerprint density at radius 2 is 2.08 bits per heavy atom. The number of nitrogens with one attached hydrogen (secondary N) is 2. The molecule has 1 aromatic carbocycles. The normalized spacial score (nSPS) is 10.5. The largest absolute Gasteiger partial charge is 0.383 e. The Bertz CT molecular complexity index is 740. The lowest BCUT2D eigenvalue weighted by molar-refractivity contribution is 0.0935. The number of hydrogen-bond donors (Lipinski definition) is 2. The van der Waals surface area contributed by atoms with Gasteiger partial charge in [-0.25, -0.2) is 0 Å². The molecule has 0 fully saturated rings. The summed E-state index contributed by atoms with van der Waals surface area (Å²) in [5.74, 6) is 0.0964. The van der Waals surface area contributed by atoms with Crippen molar-refractivity contribution in [1.29, 1.82) is 0 Å². The molecule has 0 saturated carbocycles. The Kier molecular flexibility index (Phi) is 6.71. The quantitative estimate of drug-likeness (QED) is 0.717. The molecule has 2 rings (SSSR count). The van der Waals surface area contributed by atoms with Crippen LogP contribution in [0.1, 0.15) is 45.5 Å². The highest BCUT2D eigenvalue weighted by Gasteiger charge is 2.16. The average Bonchev–Trinajstić information content (AvgIpc) is 3.06. The van der Waals surface area contributed by atoms with Crippen molar-refractivity contribution in [3.63, 3.8) is 0 Å². The second-order valence-electron chi connectivity index (χ2n) is 5.61. The summed E-state index contributed by atoms with van der Waals surface area (Å²) in [4.78, 5) is 24.5. The average molecular weight is 345 g/mol. The van der Waals surface area contributed by atoms with Gasteiger partial charge in [0.25, 0.3) is 11.8 Å². The molecule has 7 heteroatoms. The molecule has 2 aromatic rings. The molecule has 25 heavy (non-hydrogen) atoms.